The Morgan fingerprint density at radius 3 is 1.93 bits per heavy atom. The fourth-order valence-electron chi connectivity index (χ4n) is 6.96. The monoisotopic (exact) mass is 509 g/mol. The van der Waals surface area contributed by atoms with Gasteiger partial charge in [0.25, 0.3) is 0 Å². The Morgan fingerprint density at radius 2 is 1.12 bits per heavy atom. The number of benzene rings is 6. The number of nitrogens with one attached hydrogen (secondary N) is 1. The summed E-state index contributed by atoms with van der Waals surface area (Å²) in [6.07, 6.45) is 0. The minimum Gasteiger partial charge on any atom is -0.367 e. The van der Waals surface area contributed by atoms with Crippen molar-refractivity contribution < 1.29 is 0 Å². The molecule has 186 valence electrons. The summed E-state index contributed by atoms with van der Waals surface area (Å²) < 4.78 is 0. The topological polar surface area (TPSA) is 37.8 Å². The fourth-order valence-corrected chi connectivity index (χ4v) is 6.96. The van der Waals surface area contributed by atoms with Gasteiger partial charge >= 0.3 is 0 Å². The second-order valence-corrected chi connectivity index (χ2v) is 10.6. The van der Waals surface area contributed by atoms with E-state index < -0.39 is 5.54 Å². The number of aromatic nitrogens is 2. The summed E-state index contributed by atoms with van der Waals surface area (Å²) in [5.41, 5.74) is 11.2. The second-order valence-electron chi connectivity index (χ2n) is 10.6. The van der Waals surface area contributed by atoms with Gasteiger partial charge in [0.1, 0.15) is 5.54 Å². The average Bonchev–Trinajstić information content (AvgIpc) is 3.51. The summed E-state index contributed by atoms with van der Waals surface area (Å²) in [4.78, 5) is 10.3. The maximum absolute atomic E-state index is 5.20. The summed E-state index contributed by atoms with van der Waals surface area (Å²) in [5, 5.41) is 7.46. The predicted molar refractivity (Wildman–Crippen MR) is 163 cm³/mol. The van der Waals surface area contributed by atoms with Crippen LogP contribution in [0.25, 0.3) is 55.4 Å². The number of para-hydroxylation sites is 1. The molecule has 0 atom stereocenters. The first-order valence-electron chi connectivity index (χ1n) is 13.7. The number of nitrogens with zero attached hydrogens (tertiary/aromatic N) is 2. The normalized spacial score (nSPS) is 13.9. The van der Waals surface area contributed by atoms with Crippen LogP contribution < -0.4 is 5.32 Å². The van der Waals surface area contributed by atoms with Gasteiger partial charge in [-0.25, -0.2) is 9.97 Å². The smallest absolute Gasteiger partial charge is 0.161 e. The van der Waals surface area contributed by atoms with Crippen LogP contribution in [-0.4, -0.2) is 9.97 Å². The molecule has 1 aromatic heterocycles. The van der Waals surface area contributed by atoms with Crippen LogP contribution in [0.4, 0.5) is 5.69 Å². The van der Waals surface area contributed by atoms with Crippen LogP contribution in [0, 0.1) is 0 Å². The van der Waals surface area contributed by atoms with Gasteiger partial charge in [-0.05, 0) is 51.4 Å². The van der Waals surface area contributed by atoms with Crippen molar-refractivity contribution in [2.45, 2.75) is 5.54 Å². The zero-order valence-corrected chi connectivity index (χ0v) is 21.6. The molecule has 7 aromatic rings. The van der Waals surface area contributed by atoms with Gasteiger partial charge in [-0.3, -0.25) is 0 Å². The van der Waals surface area contributed by atoms with E-state index in [0.29, 0.717) is 0 Å². The third-order valence-electron chi connectivity index (χ3n) is 8.61. The molecule has 2 heterocycles. The molecule has 0 saturated carbocycles. The van der Waals surface area contributed by atoms with Gasteiger partial charge in [0, 0.05) is 27.6 Å². The van der Waals surface area contributed by atoms with E-state index in [-0.39, 0.29) is 0 Å². The van der Waals surface area contributed by atoms with E-state index in [2.05, 4.69) is 127 Å². The summed E-state index contributed by atoms with van der Waals surface area (Å²) in [7, 11) is 0. The van der Waals surface area contributed by atoms with E-state index in [0.717, 1.165) is 44.6 Å². The van der Waals surface area contributed by atoms with Crippen molar-refractivity contribution in [2.75, 3.05) is 5.32 Å². The third kappa shape index (κ3) is 2.73. The summed E-state index contributed by atoms with van der Waals surface area (Å²) in [6, 6.07) is 47.4. The highest BCUT2D eigenvalue weighted by molar-refractivity contribution is 6.10. The third-order valence-corrected chi connectivity index (χ3v) is 8.61. The molecular formula is C37H23N3. The lowest BCUT2D eigenvalue weighted by atomic mass is 9.81. The van der Waals surface area contributed by atoms with Gasteiger partial charge in [0.05, 0.1) is 11.2 Å². The van der Waals surface area contributed by atoms with E-state index in [1.807, 2.05) is 12.1 Å². The molecule has 0 saturated heterocycles. The maximum Gasteiger partial charge on any atom is 0.161 e. The highest BCUT2D eigenvalue weighted by Crippen LogP contribution is 2.58. The van der Waals surface area contributed by atoms with E-state index in [1.54, 1.807) is 0 Å². The number of hydrogen-bond donors (Lipinski definition) is 1. The zero-order chi connectivity index (χ0) is 26.3. The van der Waals surface area contributed by atoms with Crippen molar-refractivity contribution in [1.29, 1.82) is 0 Å². The molecule has 1 N–H and O–H groups in total. The molecule has 0 bridgehead atoms. The van der Waals surface area contributed by atoms with E-state index in [4.69, 9.17) is 9.97 Å². The van der Waals surface area contributed by atoms with Gasteiger partial charge < -0.3 is 5.32 Å². The van der Waals surface area contributed by atoms with E-state index in [1.165, 1.54) is 33.2 Å². The number of fused-ring (bicyclic) bond motifs is 7. The average molecular weight is 510 g/mol. The van der Waals surface area contributed by atoms with Gasteiger partial charge in [-0.1, -0.05) is 115 Å². The standard InChI is InChI=1S/C37H23N3/c1-2-11-23(12-3-1)35-28-15-6-9-20-32(28)38-36(39-35)27-21-22-33-34-26(27)16-10-19-31(34)37(40-33)29-17-7-4-13-24(29)25-14-5-8-18-30(25)37/h1-22,40H. The Morgan fingerprint density at radius 1 is 0.475 bits per heavy atom. The minimum atomic E-state index is -0.424. The number of anilines is 1. The first-order valence-corrected chi connectivity index (χ1v) is 13.7. The van der Waals surface area contributed by atoms with Crippen molar-refractivity contribution >= 4 is 27.4 Å². The van der Waals surface area contributed by atoms with Crippen molar-refractivity contribution in [3.63, 3.8) is 0 Å². The largest absolute Gasteiger partial charge is 0.367 e. The maximum atomic E-state index is 5.20. The molecule has 3 heteroatoms. The van der Waals surface area contributed by atoms with Gasteiger partial charge in [0.15, 0.2) is 5.82 Å². The Labute approximate surface area is 231 Å². The Bertz CT molecular complexity index is 2100. The van der Waals surface area contributed by atoms with Crippen molar-refractivity contribution in [3.8, 4) is 33.8 Å². The van der Waals surface area contributed by atoms with Crippen LogP contribution in [0.3, 0.4) is 0 Å². The highest BCUT2D eigenvalue weighted by atomic mass is 15.0. The van der Waals surface area contributed by atoms with Crippen LogP contribution in [0.15, 0.2) is 133 Å². The van der Waals surface area contributed by atoms with Crippen LogP contribution in [0.2, 0.25) is 0 Å². The first kappa shape index (κ1) is 21.6. The lowest BCUT2D eigenvalue weighted by Gasteiger charge is -2.30. The van der Waals surface area contributed by atoms with Gasteiger partial charge in [-0.2, -0.15) is 0 Å². The summed E-state index contributed by atoms with van der Waals surface area (Å²) in [6.45, 7) is 0. The molecule has 0 radical (unpaired) electrons. The quantitative estimate of drug-likeness (QED) is 0.253. The first-order chi connectivity index (χ1) is 19.8. The molecule has 3 nitrogen and oxygen atoms in total. The highest BCUT2D eigenvalue weighted by Gasteiger charge is 2.48. The molecule has 1 spiro atoms. The lowest BCUT2D eigenvalue weighted by Crippen LogP contribution is -2.32. The number of hydrogen-bond acceptors (Lipinski definition) is 3. The fraction of sp³-hybridized carbons (Fsp3) is 0.0270. The minimum absolute atomic E-state index is 0.424. The van der Waals surface area contributed by atoms with Crippen LogP contribution in [0.1, 0.15) is 16.7 Å². The van der Waals surface area contributed by atoms with Crippen molar-refractivity contribution in [3.05, 3.63) is 150 Å². The van der Waals surface area contributed by atoms with Crippen LogP contribution in [-0.2, 0) is 5.54 Å². The summed E-state index contributed by atoms with van der Waals surface area (Å²) in [5.74, 6) is 0.745. The zero-order valence-electron chi connectivity index (χ0n) is 21.6. The van der Waals surface area contributed by atoms with Crippen LogP contribution >= 0.6 is 0 Å². The Kier molecular flexibility index (Phi) is 4.26. The molecule has 6 aromatic carbocycles. The molecule has 9 rings (SSSR count). The van der Waals surface area contributed by atoms with E-state index >= 15 is 0 Å². The second kappa shape index (κ2) is 7.87. The molecular weight excluding hydrogens is 486 g/mol. The molecule has 1 aliphatic heterocycles. The summed E-state index contributed by atoms with van der Waals surface area (Å²) >= 11 is 0. The van der Waals surface area contributed by atoms with Crippen molar-refractivity contribution in [2.24, 2.45) is 0 Å². The van der Waals surface area contributed by atoms with E-state index in [9.17, 15) is 0 Å². The molecule has 2 aliphatic rings. The molecule has 40 heavy (non-hydrogen) atoms. The SMILES string of the molecule is c1ccc(-c2nc(-c3ccc4c5c(cccc35)C3(N4)c4ccccc4-c4ccccc43)nc3ccccc23)cc1. The lowest BCUT2D eigenvalue weighted by molar-refractivity contribution is 0.759. The van der Waals surface area contributed by atoms with Crippen molar-refractivity contribution in [1.82, 2.24) is 9.97 Å². The van der Waals surface area contributed by atoms with Crippen LogP contribution in [0.5, 0.6) is 0 Å². The molecule has 1 aliphatic carbocycles. The van der Waals surface area contributed by atoms with Gasteiger partial charge in [0.2, 0.25) is 0 Å². The number of rotatable bonds is 2. The Hall–Kier alpha value is -5.28. The van der Waals surface area contributed by atoms with Gasteiger partial charge in [-0.15, -0.1) is 0 Å². The Balaban J connectivity index is 1.33. The predicted octanol–water partition coefficient (Wildman–Crippen LogP) is 8.81. The molecule has 0 amide bonds. The molecule has 0 fully saturated rings. The molecule has 0 unspecified atom stereocenters.